The molecule has 0 aliphatic carbocycles. The topological polar surface area (TPSA) is 41.5 Å². The Morgan fingerprint density at radius 2 is 2.06 bits per heavy atom. The number of nitrogens with one attached hydrogen (secondary N) is 1. The standard InChI is InChI=1S/C12H16ClF2NO2/c1-7(17)6-16-8(2)10-5-9(13)3-4-11(10)18-12(14)15/h3-5,7-8,12,16-17H,6H2,1-2H3. The Morgan fingerprint density at radius 3 is 2.61 bits per heavy atom. The molecular formula is C12H16ClF2NO2. The third kappa shape index (κ3) is 4.76. The fourth-order valence-corrected chi connectivity index (χ4v) is 1.70. The molecule has 102 valence electrons. The van der Waals surface area contributed by atoms with Crippen LogP contribution in [-0.4, -0.2) is 24.4 Å². The van der Waals surface area contributed by atoms with Gasteiger partial charge < -0.3 is 15.2 Å². The van der Waals surface area contributed by atoms with E-state index in [1.165, 1.54) is 12.1 Å². The van der Waals surface area contributed by atoms with E-state index in [2.05, 4.69) is 10.1 Å². The van der Waals surface area contributed by atoms with E-state index in [0.29, 0.717) is 17.1 Å². The van der Waals surface area contributed by atoms with E-state index >= 15 is 0 Å². The predicted octanol–water partition coefficient (Wildman–Crippen LogP) is 2.97. The Morgan fingerprint density at radius 1 is 1.39 bits per heavy atom. The van der Waals surface area contributed by atoms with Crippen LogP contribution < -0.4 is 10.1 Å². The second kappa shape index (κ2) is 6.87. The molecule has 0 saturated heterocycles. The van der Waals surface area contributed by atoms with Crippen LogP contribution in [-0.2, 0) is 0 Å². The molecule has 0 bridgehead atoms. The second-order valence-corrected chi connectivity index (χ2v) is 4.48. The Hall–Kier alpha value is -0.910. The van der Waals surface area contributed by atoms with Crippen LogP contribution in [0.4, 0.5) is 8.78 Å². The minimum Gasteiger partial charge on any atom is -0.434 e. The SMILES string of the molecule is CC(O)CNC(C)c1cc(Cl)ccc1OC(F)F. The molecule has 0 heterocycles. The van der Waals surface area contributed by atoms with E-state index < -0.39 is 12.7 Å². The smallest absolute Gasteiger partial charge is 0.387 e. The van der Waals surface area contributed by atoms with Gasteiger partial charge in [-0.2, -0.15) is 8.78 Å². The van der Waals surface area contributed by atoms with Crippen molar-refractivity contribution in [1.82, 2.24) is 5.32 Å². The minimum atomic E-state index is -2.88. The number of halogens is 3. The van der Waals surface area contributed by atoms with E-state index in [1.807, 2.05) is 0 Å². The Kier molecular flexibility index (Phi) is 5.78. The maximum Gasteiger partial charge on any atom is 0.387 e. The van der Waals surface area contributed by atoms with Gasteiger partial charge in [0.15, 0.2) is 0 Å². The van der Waals surface area contributed by atoms with Crippen molar-refractivity contribution in [2.24, 2.45) is 0 Å². The van der Waals surface area contributed by atoms with Crippen LogP contribution in [0, 0.1) is 0 Å². The first kappa shape index (κ1) is 15.1. The molecule has 0 fully saturated rings. The summed E-state index contributed by atoms with van der Waals surface area (Å²) in [6, 6.07) is 4.21. The van der Waals surface area contributed by atoms with Crippen molar-refractivity contribution in [1.29, 1.82) is 0 Å². The van der Waals surface area contributed by atoms with Gasteiger partial charge in [0, 0.05) is 23.2 Å². The maximum absolute atomic E-state index is 12.3. The highest BCUT2D eigenvalue weighted by atomic mass is 35.5. The molecule has 0 amide bonds. The maximum atomic E-state index is 12.3. The van der Waals surface area contributed by atoms with Crippen LogP contribution in [0.5, 0.6) is 5.75 Å². The fourth-order valence-electron chi connectivity index (χ4n) is 1.52. The summed E-state index contributed by atoms with van der Waals surface area (Å²) in [7, 11) is 0. The first-order chi connectivity index (χ1) is 8.40. The molecule has 0 aliphatic rings. The summed E-state index contributed by atoms with van der Waals surface area (Å²) in [4.78, 5) is 0. The van der Waals surface area contributed by atoms with Gasteiger partial charge in [0.2, 0.25) is 0 Å². The van der Waals surface area contributed by atoms with Gasteiger partial charge >= 0.3 is 6.61 Å². The van der Waals surface area contributed by atoms with E-state index in [1.54, 1.807) is 19.9 Å². The summed E-state index contributed by atoms with van der Waals surface area (Å²) < 4.78 is 29.0. The summed E-state index contributed by atoms with van der Waals surface area (Å²) in [6.07, 6.45) is -0.522. The normalized spacial score (nSPS) is 14.6. The summed E-state index contributed by atoms with van der Waals surface area (Å²) in [5.41, 5.74) is 0.531. The summed E-state index contributed by atoms with van der Waals surface area (Å²) in [5.74, 6) is 0.0833. The van der Waals surface area contributed by atoms with Crippen molar-refractivity contribution < 1.29 is 18.6 Å². The molecule has 1 rings (SSSR count). The van der Waals surface area contributed by atoms with Crippen LogP contribution in [0.3, 0.4) is 0 Å². The van der Waals surface area contributed by atoms with Crippen molar-refractivity contribution in [2.75, 3.05) is 6.54 Å². The molecule has 0 saturated carbocycles. The molecule has 0 aromatic heterocycles. The molecule has 2 atom stereocenters. The number of hydrogen-bond acceptors (Lipinski definition) is 3. The minimum absolute atomic E-state index is 0.0833. The first-order valence-corrected chi connectivity index (χ1v) is 5.93. The van der Waals surface area contributed by atoms with Crippen LogP contribution >= 0.6 is 11.6 Å². The molecule has 2 unspecified atom stereocenters. The van der Waals surface area contributed by atoms with E-state index in [4.69, 9.17) is 11.6 Å². The highest BCUT2D eigenvalue weighted by Gasteiger charge is 2.15. The lowest BCUT2D eigenvalue weighted by Gasteiger charge is -2.19. The van der Waals surface area contributed by atoms with Gasteiger partial charge in [-0.15, -0.1) is 0 Å². The third-order valence-electron chi connectivity index (χ3n) is 2.37. The highest BCUT2D eigenvalue weighted by Crippen LogP contribution is 2.29. The lowest BCUT2D eigenvalue weighted by Crippen LogP contribution is -2.27. The lowest BCUT2D eigenvalue weighted by atomic mass is 10.1. The fraction of sp³-hybridized carbons (Fsp3) is 0.500. The van der Waals surface area contributed by atoms with Crippen molar-refractivity contribution >= 4 is 11.6 Å². The van der Waals surface area contributed by atoms with Crippen molar-refractivity contribution in [3.63, 3.8) is 0 Å². The molecular weight excluding hydrogens is 264 g/mol. The van der Waals surface area contributed by atoms with Crippen LogP contribution in [0.15, 0.2) is 18.2 Å². The Balaban J connectivity index is 2.86. The van der Waals surface area contributed by atoms with Gasteiger partial charge in [0.25, 0.3) is 0 Å². The number of rotatable bonds is 6. The zero-order chi connectivity index (χ0) is 13.7. The second-order valence-electron chi connectivity index (χ2n) is 4.04. The van der Waals surface area contributed by atoms with Crippen LogP contribution in [0.2, 0.25) is 5.02 Å². The number of aliphatic hydroxyl groups is 1. The molecule has 0 aliphatic heterocycles. The van der Waals surface area contributed by atoms with Crippen LogP contribution in [0.25, 0.3) is 0 Å². The van der Waals surface area contributed by atoms with Crippen LogP contribution in [0.1, 0.15) is 25.5 Å². The van der Waals surface area contributed by atoms with Gasteiger partial charge in [0.1, 0.15) is 5.75 Å². The van der Waals surface area contributed by atoms with Crippen molar-refractivity contribution in [2.45, 2.75) is 32.6 Å². The predicted molar refractivity (Wildman–Crippen MR) is 66.2 cm³/mol. The Labute approximate surface area is 110 Å². The molecule has 0 spiro atoms. The van der Waals surface area contributed by atoms with E-state index in [0.717, 1.165) is 0 Å². The van der Waals surface area contributed by atoms with Crippen molar-refractivity contribution in [3.8, 4) is 5.75 Å². The number of hydrogen-bond donors (Lipinski definition) is 2. The summed E-state index contributed by atoms with van der Waals surface area (Å²) in [5, 5.41) is 12.6. The molecule has 2 N–H and O–H groups in total. The van der Waals surface area contributed by atoms with Gasteiger partial charge in [-0.3, -0.25) is 0 Å². The van der Waals surface area contributed by atoms with E-state index in [9.17, 15) is 13.9 Å². The number of benzene rings is 1. The highest BCUT2D eigenvalue weighted by molar-refractivity contribution is 6.30. The Bertz CT molecular complexity index is 388. The lowest BCUT2D eigenvalue weighted by molar-refractivity contribution is -0.0507. The van der Waals surface area contributed by atoms with E-state index in [-0.39, 0.29) is 11.8 Å². The summed E-state index contributed by atoms with van der Waals surface area (Å²) >= 11 is 5.84. The molecule has 0 radical (unpaired) electrons. The first-order valence-electron chi connectivity index (χ1n) is 5.56. The molecule has 1 aromatic carbocycles. The molecule has 3 nitrogen and oxygen atoms in total. The third-order valence-corrected chi connectivity index (χ3v) is 2.61. The van der Waals surface area contributed by atoms with Crippen molar-refractivity contribution in [3.05, 3.63) is 28.8 Å². The largest absolute Gasteiger partial charge is 0.434 e. The monoisotopic (exact) mass is 279 g/mol. The molecule has 1 aromatic rings. The average molecular weight is 280 g/mol. The molecule has 6 heteroatoms. The molecule has 18 heavy (non-hydrogen) atoms. The number of ether oxygens (including phenoxy) is 1. The van der Waals surface area contributed by atoms with Gasteiger partial charge in [0.05, 0.1) is 6.10 Å². The zero-order valence-electron chi connectivity index (χ0n) is 10.2. The summed E-state index contributed by atoms with van der Waals surface area (Å²) in [6.45, 7) is 0.886. The number of aliphatic hydroxyl groups excluding tert-OH is 1. The average Bonchev–Trinajstić information content (AvgIpc) is 2.27. The van der Waals surface area contributed by atoms with Gasteiger partial charge in [-0.1, -0.05) is 11.6 Å². The van der Waals surface area contributed by atoms with Gasteiger partial charge in [-0.25, -0.2) is 0 Å². The zero-order valence-corrected chi connectivity index (χ0v) is 10.9. The quantitative estimate of drug-likeness (QED) is 0.841. The van der Waals surface area contributed by atoms with Gasteiger partial charge in [-0.05, 0) is 32.0 Å². The number of alkyl halides is 2.